The molecule has 2 unspecified atom stereocenters. The van der Waals surface area contributed by atoms with Crippen LogP contribution in [0.4, 0.5) is 0 Å². The van der Waals surface area contributed by atoms with Gasteiger partial charge in [0.05, 0.1) is 5.52 Å². The Hall–Kier alpha value is -2.86. The molecule has 0 spiro atoms. The van der Waals surface area contributed by atoms with Crippen molar-refractivity contribution in [3.05, 3.63) is 69.7 Å². The Morgan fingerprint density at radius 1 is 1.17 bits per heavy atom. The van der Waals surface area contributed by atoms with E-state index in [2.05, 4.69) is 34.3 Å². The van der Waals surface area contributed by atoms with Crippen LogP contribution in [0.5, 0.6) is 0 Å². The third kappa shape index (κ3) is 5.15. The van der Waals surface area contributed by atoms with Crippen LogP contribution >= 0.6 is 0 Å². The van der Waals surface area contributed by atoms with Crippen LogP contribution < -0.4 is 11.1 Å². The van der Waals surface area contributed by atoms with Gasteiger partial charge in [-0.15, -0.1) is 0 Å². The van der Waals surface area contributed by atoms with E-state index in [1.165, 1.54) is 5.56 Å². The number of aryl methyl sites for hydroxylation is 1. The second-order valence-corrected chi connectivity index (χ2v) is 7.88. The minimum Gasteiger partial charge on any atom is -0.408 e. The van der Waals surface area contributed by atoms with E-state index in [9.17, 15) is 9.59 Å². The standard InChI is InChI=1S/C23H29N3O3/c1-15(17-8-6-5-7-9-17)12-21(27)24-14-19(26(3)4)13-18-10-11-20-22(16(18)2)29-23(28)25-20/h5-11,15,19H,12-14H2,1-4H3,(H,24,27)(H,25,28). The van der Waals surface area contributed by atoms with Gasteiger partial charge in [-0.05, 0) is 56.1 Å². The molecule has 0 bridgehead atoms. The van der Waals surface area contributed by atoms with Crippen molar-refractivity contribution in [3.63, 3.8) is 0 Å². The normalized spacial score (nSPS) is 13.6. The van der Waals surface area contributed by atoms with E-state index in [1.807, 2.05) is 51.4 Å². The lowest BCUT2D eigenvalue weighted by Crippen LogP contribution is -2.42. The summed E-state index contributed by atoms with van der Waals surface area (Å²) in [6.07, 6.45) is 1.21. The number of nitrogens with one attached hydrogen (secondary N) is 2. The van der Waals surface area contributed by atoms with Gasteiger partial charge in [0.15, 0.2) is 5.58 Å². The smallest absolute Gasteiger partial charge is 0.408 e. The number of fused-ring (bicyclic) bond motifs is 1. The molecule has 0 saturated carbocycles. The quantitative estimate of drug-likeness (QED) is 0.614. The first kappa shape index (κ1) is 20.9. The topological polar surface area (TPSA) is 78.3 Å². The number of H-pyrrole nitrogens is 1. The van der Waals surface area contributed by atoms with E-state index >= 15 is 0 Å². The number of hydrogen-bond acceptors (Lipinski definition) is 4. The molecule has 2 N–H and O–H groups in total. The maximum Gasteiger partial charge on any atom is 0.417 e. The number of rotatable bonds is 8. The number of amides is 1. The number of carbonyl (C=O) groups is 1. The van der Waals surface area contributed by atoms with Gasteiger partial charge in [0.1, 0.15) is 0 Å². The molecule has 0 aliphatic heterocycles. The zero-order valence-corrected chi connectivity index (χ0v) is 17.5. The first-order valence-electron chi connectivity index (χ1n) is 9.94. The third-order valence-corrected chi connectivity index (χ3v) is 5.53. The number of oxazole rings is 1. The summed E-state index contributed by atoms with van der Waals surface area (Å²) in [6.45, 7) is 4.59. The van der Waals surface area contributed by atoms with Gasteiger partial charge in [0.2, 0.25) is 5.91 Å². The molecule has 2 atom stereocenters. The predicted octanol–water partition coefficient (Wildman–Crippen LogP) is 3.21. The number of aromatic amines is 1. The van der Waals surface area contributed by atoms with Crippen LogP contribution in [-0.4, -0.2) is 42.5 Å². The fourth-order valence-electron chi connectivity index (χ4n) is 3.58. The van der Waals surface area contributed by atoms with E-state index in [1.54, 1.807) is 0 Å². The van der Waals surface area contributed by atoms with E-state index in [0.717, 1.165) is 17.5 Å². The molecule has 6 nitrogen and oxygen atoms in total. The maximum atomic E-state index is 12.5. The third-order valence-electron chi connectivity index (χ3n) is 5.53. The van der Waals surface area contributed by atoms with Crippen molar-refractivity contribution in [1.29, 1.82) is 0 Å². The molecule has 3 aromatic rings. The average molecular weight is 396 g/mol. The molecule has 0 aliphatic carbocycles. The summed E-state index contributed by atoms with van der Waals surface area (Å²) in [7, 11) is 4.02. The van der Waals surface area contributed by atoms with Crippen molar-refractivity contribution >= 4 is 17.0 Å². The van der Waals surface area contributed by atoms with E-state index in [0.29, 0.717) is 24.1 Å². The van der Waals surface area contributed by atoms with Gasteiger partial charge in [-0.1, -0.05) is 43.3 Å². The molecular formula is C23H29N3O3. The van der Waals surface area contributed by atoms with Crippen molar-refractivity contribution in [1.82, 2.24) is 15.2 Å². The lowest BCUT2D eigenvalue weighted by Gasteiger charge is -2.25. The number of hydrogen-bond donors (Lipinski definition) is 2. The minimum atomic E-state index is -0.441. The van der Waals surface area contributed by atoms with Crippen LogP contribution in [0.25, 0.3) is 11.1 Å². The number of benzene rings is 2. The Kier molecular flexibility index (Phi) is 6.54. The van der Waals surface area contributed by atoms with E-state index < -0.39 is 5.76 Å². The summed E-state index contributed by atoms with van der Waals surface area (Å²) < 4.78 is 5.27. The fraction of sp³-hybridized carbons (Fsp3) is 0.391. The molecule has 0 fully saturated rings. The Bertz CT molecular complexity index is 1020. The fourth-order valence-corrected chi connectivity index (χ4v) is 3.58. The summed E-state index contributed by atoms with van der Waals surface area (Å²) in [6, 6.07) is 14.1. The number of likely N-dealkylation sites (N-methyl/N-ethyl adjacent to an activating group) is 1. The lowest BCUT2D eigenvalue weighted by atomic mass is 9.97. The number of aromatic nitrogens is 1. The molecule has 0 radical (unpaired) electrons. The van der Waals surface area contributed by atoms with Crippen molar-refractivity contribution in [2.45, 2.75) is 38.6 Å². The van der Waals surface area contributed by atoms with Crippen LogP contribution in [0.1, 0.15) is 36.0 Å². The van der Waals surface area contributed by atoms with Gasteiger partial charge >= 0.3 is 5.76 Å². The molecule has 0 saturated heterocycles. The molecule has 1 amide bonds. The van der Waals surface area contributed by atoms with E-state index in [-0.39, 0.29) is 17.9 Å². The maximum absolute atomic E-state index is 12.5. The molecule has 1 aromatic heterocycles. The number of carbonyl (C=O) groups excluding carboxylic acids is 1. The highest BCUT2D eigenvalue weighted by molar-refractivity contribution is 5.77. The SMILES string of the molecule is Cc1c(CC(CNC(=O)CC(C)c2ccccc2)N(C)C)ccc2[nH]c(=O)oc12. The average Bonchev–Trinajstić information content (AvgIpc) is 3.08. The van der Waals surface area contributed by atoms with Gasteiger partial charge in [-0.25, -0.2) is 4.79 Å². The Balaban J connectivity index is 1.62. The van der Waals surface area contributed by atoms with Crippen LogP contribution in [0, 0.1) is 6.92 Å². The molecule has 2 aromatic carbocycles. The highest BCUT2D eigenvalue weighted by Crippen LogP contribution is 2.21. The Morgan fingerprint density at radius 2 is 1.90 bits per heavy atom. The van der Waals surface area contributed by atoms with Crippen LogP contribution in [0.3, 0.4) is 0 Å². The first-order chi connectivity index (χ1) is 13.8. The second-order valence-electron chi connectivity index (χ2n) is 7.88. The number of nitrogens with zero attached hydrogens (tertiary/aromatic N) is 1. The second kappa shape index (κ2) is 9.09. The van der Waals surface area contributed by atoms with Crippen molar-refractivity contribution < 1.29 is 9.21 Å². The molecule has 1 heterocycles. The summed E-state index contributed by atoms with van der Waals surface area (Å²) in [5.74, 6) is -0.212. The molecule has 0 aliphatic rings. The predicted molar refractivity (Wildman–Crippen MR) is 115 cm³/mol. The molecule has 3 rings (SSSR count). The van der Waals surface area contributed by atoms with Crippen LogP contribution in [0.15, 0.2) is 51.7 Å². The molecule has 29 heavy (non-hydrogen) atoms. The van der Waals surface area contributed by atoms with E-state index in [4.69, 9.17) is 4.42 Å². The Labute approximate surface area is 170 Å². The van der Waals surface area contributed by atoms with Gasteiger partial charge in [0.25, 0.3) is 0 Å². The van der Waals surface area contributed by atoms with Gasteiger partial charge < -0.3 is 14.6 Å². The molecular weight excluding hydrogens is 366 g/mol. The van der Waals surface area contributed by atoms with Crippen molar-refractivity contribution in [3.8, 4) is 0 Å². The van der Waals surface area contributed by atoms with Crippen LogP contribution in [0.2, 0.25) is 0 Å². The highest BCUT2D eigenvalue weighted by atomic mass is 16.4. The summed E-state index contributed by atoms with van der Waals surface area (Å²) >= 11 is 0. The van der Waals surface area contributed by atoms with Gasteiger partial charge in [0, 0.05) is 19.0 Å². The summed E-state index contributed by atoms with van der Waals surface area (Å²) in [4.78, 5) is 28.7. The first-order valence-corrected chi connectivity index (χ1v) is 9.94. The monoisotopic (exact) mass is 395 g/mol. The summed E-state index contributed by atoms with van der Waals surface area (Å²) in [5, 5.41) is 3.09. The molecule has 6 heteroatoms. The highest BCUT2D eigenvalue weighted by Gasteiger charge is 2.18. The Morgan fingerprint density at radius 3 is 2.59 bits per heavy atom. The van der Waals surface area contributed by atoms with Crippen molar-refractivity contribution in [2.75, 3.05) is 20.6 Å². The zero-order chi connectivity index (χ0) is 21.0. The largest absolute Gasteiger partial charge is 0.417 e. The van der Waals surface area contributed by atoms with Crippen LogP contribution in [-0.2, 0) is 11.2 Å². The van der Waals surface area contributed by atoms with Crippen molar-refractivity contribution in [2.24, 2.45) is 0 Å². The van der Waals surface area contributed by atoms with Gasteiger partial charge in [-0.2, -0.15) is 0 Å². The minimum absolute atomic E-state index is 0.0528. The van der Waals surface area contributed by atoms with Gasteiger partial charge in [-0.3, -0.25) is 9.78 Å². The lowest BCUT2D eigenvalue weighted by molar-refractivity contribution is -0.121. The molecule has 154 valence electrons. The zero-order valence-electron chi connectivity index (χ0n) is 17.5. The summed E-state index contributed by atoms with van der Waals surface area (Å²) in [5.41, 5.74) is 4.54.